The molecule has 1 aromatic carbocycles. The smallest absolute Gasteiger partial charge is 0.328 e. The van der Waals surface area contributed by atoms with Gasteiger partial charge in [-0.15, -0.1) is 0 Å². The first-order valence-corrected chi connectivity index (χ1v) is 7.96. The van der Waals surface area contributed by atoms with Gasteiger partial charge in [0.05, 0.1) is 19.0 Å². The van der Waals surface area contributed by atoms with Crippen LogP contribution < -0.4 is 10.6 Å². The van der Waals surface area contributed by atoms with E-state index in [4.69, 9.17) is 4.74 Å². The lowest BCUT2D eigenvalue weighted by molar-refractivity contribution is -0.142. The maximum atomic E-state index is 14.3. The van der Waals surface area contributed by atoms with Crippen LogP contribution in [0.1, 0.15) is 28.0 Å². The number of carbonyl (C=O) groups excluding carboxylic acids is 3. The molecule has 2 amide bonds. The summed E-state index contributed by atoms with van der Waals surface area (Å²) < 4.78 is 19.0. The van der Waals surface area contributed by atoms with Gasteiger partial charge in [0, 0.05) is 30.4 Å². The van der Waals surface area contributed by atoms with Gasteiger partial charge in [0.1, 0.15) is 11.9 Å². The quantitative estimate of drug-likeness (QED) is 0.687. The standard InChI is InChI=1S/C17H17FN4O4/c1-26-17(25)14(5-10-7-19-8-20-10)22-16(24)11-4-9-2-3-15(23)21-13(9)6-12(11)18/h4,6-8,14H,2-3,5H2,1H3,(H,19,20)(H,21,23)(H,22,24)/t14-/m0/s1. The number of carbonyl (C=O) groups is 3. The van der Waals surface area contributed by atoms with Gasteiger partial charge in [0.25, 0.3) is 5.91 Å². The number of amides is 2. The van der Waals surface area contributed by atoms with Crippen LogP contribution in [0.2, 0.25) is 0 Å². The third-order valence-corrected chi connectivity index (χ3v) is 4.10. The molecule has 1 aromatic heterocycles. The molecule has 1 aliphatic rings. The fourth-order valence-electron chi connectivity index (χ4n) is 2.76. The third kappa shape index (κ3) is 3.71. The summed E-state index contributed by atoms with van der Waals surface area (Å²) in [5.41, 5.74) is 1.45. The Kier molecular flexibility index (Phi) is 4.97. The summed E-state index contributed by atoms with van der Waals surface area (Å²) in [5.74, 6) is -2.37. The van der Waals surface area contributed by atoms with Crippen molar-refractivity contribution in [3.63, 3.8) is 0 Å². The summed E-state index contributed by atoms with van der Waals surface area (Å²) >= 11 is 0. The second kappa shape index (κ2) is 7.34. The van der Waals surface area contributed by atoms with Crippen LogP contribution >= 0.6 is 0 Å². The van der Waals surface area contributed by atoms with Crippen LogP contribution in [-0.2, 0) is 27.2 Å². The summed E-state index contributed by atoms with van der Waals surface area (Å²) in [6.45, 7) is 0. The van der Waals surface area contributed by atoms with E-state index in [1.54, 1.807) is 0 Å². The maximum absolute atomic E-state index is 14.3. The molecule has 0 saturated carbocycles. The van der Waals surface area contributed by atoms with Crippen LogP contribution in [0, 0.1) is 5.82 Å². The van der Waals surface area contributed by atoms with Gasteiger partial charge in [-0.3, -0.25) is 9.59 Å². The zero-order valence-electron chi connectivity index (χ0n) is 14.0. The molecule has 0 radical (unpaired) electrons. The molecule has 8 nitrogen and oxygen atoms in total. The van der Waals surface area contributed by atoms with E-state index in [0.717, 1.165) is 6.07 Å². The minimum absolute atomic E-state index is 0.126. The van der Waals surface area contributed by atoms with Crippen molar-refractivity contribution in [2.75, 3.05) is 12.4 Å². The average Bonchev–Trinajstić information content (AvgIpc) is 3.12. The van der Waals surface area contributed by atoms with E-state index in [2.05, 4.69) is 20.6 Å². The largest absolute Gasteiger partial charge is 0.467 e. The van der Waals surface area contributed by atoms with E-state index in [1.165, 1.54) is 25.7 Å². The Labute approximate surface area is 148 Å². The number of H-pyrrole nitrogens is 1. The van der Waals surface area contributed by atoms with Crippen LogP contribution in [0.4, 0.5) is 10.1 Å². The summed E-state index contributed by atoms with van der Waals surface area (Å²) in [6.07, 6.45) is 3.77. The number of anilines is 1. The Balaban J connectivity index is 1.81. The van der Waals surface area contributed by atoms with Crippen LogP contribution in [0.15, 0.2) is 24.7 Å². The van der Waals surface area contributed by atoms with Gasteiger partial charge < -0.3 is 20.4 Å². The first-order chi connectivity index (χ1) is 12.5. The maximum Gasteiger partial charge on any atom is 0.328 e. The first kappa shape index (κ1) is 17.6. The van der Waals surface area contributed by atoms with Crippen molar-refractivity contribution in [1.29, 1.82) is 0 Å². The van der Waals surface area contributed by atoms with Crippen molar-refractivity contribution >= 4 is 23.5 Å². The Morgan fingerprint density at radius 1 is 1.38 bits per heavy atom. The summed E-state index contributed by atoms with van der Waals surface area (Å²) in [7, 11) is 1.20. The van der Waals surface area contributed by atoms with Crippen LogP contribution in [-0.4, -0.2) is 40.9 Å². The van der Waals surface area contributed by atoms with Gasteiger partial charge in [-0.05, 0) is 24.1 Å². The van der Waals surface area contributed by atoms with Crippen molar-refractivity contribution < 1.29 is 23.5 Å². The summed E-state index contributed by atoms with van der Waals surface area (Å²) in [4.78, 5) is 42.5. The number of nitrogens with zero attached hydrogens (tertiary/aromatic N) is 1. The lowest BCUT2D eigenvalue weighted by Gasteiger charge is -2.19. The second-order valence-electron chi connectivity index (χ2n) is 5.87. The SMILES string of the molecule is COC(=O)[C@H](Cc1cnc[nH]1)NC(=O)c1cc2c(cc1F)NC(=O)CC2. The van der Waals surface area contributed by atoms with Gasteiger partial charge in [-0.2, -0.15) is 0 Å². The molecule has 1 aliphatic heterocycles. The molecule has 3 N–H and O–H groups in total. The molecule has 0 bridgehead atoms. The molecular weight excluding hydrogens is 343 g/mol. The van der Waals surface area contributed by atoms with E-state index in [1.807, 2.05) is 0 Å². The number of nitrogens with one attached hydrogen (secondary N) is 3. The summed E-state index contributed by atoms with van der Waals surface area (Å²) in [6, 6.07) is 1.51. The molecule has 1 atom stereocenters. The number of ether oxygens (including phenoxy) is 1. The van der Waals surface area contributed by atoms with E-state index in [0.29, 0.717) is 23.4 Å². The number of benzene rings is 1. The molecule has 0 unspecified atom stereocenters. The molecule has 3 rings (SSSR count). The number of aromatic amines is 1. The number of halogens is 1. The van der Waals surface area contributed by atoms with E-state index in [-0.39, 0.29) is 24.3 Å². The molecule has 0 spiro atoms. The zero-order chi connectivity index (χ0) is 18.7. The number of fused-ring (bicyclic) bond motifs is 1. The minimum atomic E-state index is -0.997. The predicted molar refractivity (Wildman–Crippen MR) is 88.9 cm³/mol. The second-order valence-corrected chi connectivity index (χ2v) is 5.87. The molecule has 136 valence electrons. The molecule has 9 heteroatoms. The highest BCUT2D eigenvalue weighted by Crippen LogP contribution is 2.26. The molecular formula is C17H17FN4O4. The van der Waals surface area contributed by atoms with E-state index >= 15 is 0 Å². The van der Waals surface area contributed by atoms with E-state index in [9.17, 15) is 18.8 Å². The predicted octanol–water partition coefficient (Wildman–Crippen LogP) is 0.948. The monoisotopic (exact) mass is 360 g/mol. The van der Waals surface area contributed by atoms with Crippen LogP contribution in [0.25, 0.3) is 0 Å². The van der Waals surface area contributed by atoms with Crippen molar-refractivity contribution in [3.05, 3.63) is 47.3 Å². The molecule has 0 aliphatic carbocycles. The Morgan fingerprint density at radius 3 is 2.88 bits per heavy atom. The Bertz CT molecular complexity index is 851. The highest BCUT2D eigenvalue weighted by atomic mass is 19.1. The molecule has 2 heterocycles. The number of rotatable bonds is 5. The zero-order valence-corrected chi connectivity index (χ0v) is 14.0. The number of hydrogen-bond donors (Lipinski definition) is 3. The topological polar surface area (TPSA) is 113 Å². The summed E-state index contributed by atoms with van der Waals surface area (Å²) in [5, 5.41) is 5.06. The van der Waals surface area contributed by atoms with Crippen molar-refractivity contribution in [1.82, 2.24) is 15.3 Å². The fraction of sp³-hybridized carbons (Fsp3) is 0.294. The Hall–Kier alpha value is -3.23. The highest BCUT2D eigenvalue weighted by Gasteiger charge is 2.26. The number of aromatic nitrogens is 2. The van der Waals surface area contributed by atoms with Crippen LogP contribution in [0.5, 0.6) is 0 Å². The van der Waals surface area contributed by atoms with Crippen molar-refractivity contribution in [2.24, 2.45) is 0 Å². The normalized spacial score (nSPS) is 14.2. The Morgan fingerprint density at radius 2 is 2.19 bits per heavy atom. The minimum Gasteiger partial charge on any atom is -0.467 e. The van der Waals surface area contributed by atoms with Crippen molar-refractivity contribution in [2.45, 2.75) is 25.3 Å². The van der Waals surface area contributed by atoms with E-state index < -0.39 is 23.7 Å². The molecule has 0 saturated heterocycles. The van der Waals surface area contributed by atoms with Gasteiger partial charge >= 0.3 is 5.97 Å². The molecule has 26 heavy (non-hydrogen) atoms. The number of hydrogen-bond acceptors (Lipinski definition) is 5. The number of aryl methyl sites for hydroxylation is 1. The first-order valence-electron chi connectivity index (χ1n) is 7.96. The van der Waals surface area contributed by atoms with Gasteiger partial charge in [0.15, 0.2) is 0 Å². The fourth-order valence-corrected chi connectivity index (χ4v) is 2.76. The number of esters is 1. The number of methoxy groups -OCH3 is 1. The molecule has 2 aromatic rings. The van der Waals surface area contributed by atoms with Crippen molar-refractivity contribution in [3.8, 4) is 0 Å². The van der Waals surface area contributed by atoms with Gasteiger partial charge in [0.2, 0.25) is 5.91 Å². The molecule has 0 fully saturated rings. The lowest BCUT2D eigenvalue weighted by Crippen LogP contribution is -2.43. The lowest BCUT2D eigenvalue weighted by atomic mass is 9.99. The van der Waals surface area contributed by atoms with Gasteiger partial charge in [-0.1, -0.05) is 0 Å². The van der Waals surface area contributed by atoms with Crippen LogP contribution in [0.3, 0.4) is 0 Å². The third-order valence-electron chi connectivity index (χ3n) is 4.10. The van der Waals surface area contributed by atoms with Gasteiger partial charge in [-0.25, -0.2) is 14.2 Å². The average molecular weight is 360 g/mol. The number of imidazole rings is 1. The highest BCUT2D eigenvalue weighted by molar-refractivity contribution is 5.99.